The molecule has 3 atom stereocenters. The molecule has 45 heavy (non-hydrogen) atoms. The summed E-state index contributed by atoms with van der Waals surface area (Å²) >= 11 is 0. The Hall–Kier alpha value is -2.28. The van der Waals surface area contributed by atoms with Crippen molar-refractivity contribution < 1.29 is 23.9 Å². The molecule has 12 nitrogen and oxygen atoms in total. The van der Waals surface area contributed by atoms with Gasteiger partial charge in [-0.05, 0) is 72.0 Å². The predicted octanol–water partition coefficient (Wildman–Crippen LogP) is 3.65. The van der Waals surface area contributed by atoms with Gasteiger partial charge < -0.3 is 30.3 Å². The van der Waals surface area contributed by atoms with Gasteiger partial charge in [-0.3, -0.25) is 19.8 Å². The first-order chi connectivity index (χ1) is 22.0. The number of aliphatic imine (C=N–C) groups is 1. The zero-order valence-corrected chi connectivity index (χ0v) is 28.7. The molecule has 0 aromatic carbocycles. The molecule has 0 saturated carbocycles. The molecular formula is C33H65N7O5. The Bertz CT molecular complexity index is 774. The molecule has 3 amide bonds. The number of alkyl carbamates (subject to hydrolysis) is 1. The summed E-state index contributed by atoms with van der Waals surface area (Å²) < 4.78 is 11.5. The van der Waals surface area contributed by atoms with Crippen molar-refractivity contribution in [2.45, 2.75) is 116 Å². The van der Waals surface area contributed by atoms with Crippen LogP contribution in [0.2, 0.25) is 0 Å². The Morgan fingerprint density at radius 1 is 0.911 bits per heavy atom. The summed E-state index contributed by atoms with van der Waals surface area (Å²) in [6, 6.07) is 1.36. The number of hydrogen-bond donors (Lipinski definition) is 4. The molecule has 1 fully saturated rings. The van der Waals surface area contributed by atoms with Gasteiger partial charge in [0.25, 0.3) is 6.02 Å². The monoisotopic (exact) mass is 640 g/mol. The maximum absolute atomic E-state index is 12.2. The molecule has 0 radical (unpaired) electrons. The van der Waals surface area contributed by atoms with Gasteiger partial charge in [0.1, 0.15) is 0 Å². The lowest BCUT2D eigenvalue weighted by Crippen LogP contribution is -2.40. The largest absolute Gasteiger partial charge is 0.421 e. The first kappa shape index (κ1) is 40.7. The number of carbonyl (C=O) groups is 3. The van der Waals surface area contributed by atoms with E-state index in [4.69, 9.17) is 9.47 Å². The molecule has 0 aromatic rings. The number of unbranched alkanes of at least 4 members (excludes halogenated alkanes) is 10. The fourth-order valence-electron chi connectivity index (χ4n) is 5.11. The summed E-state index contributed by atoms with van der Waals surface area (Å²) in [5, 5.41) is 11.7. The Morgan fingerprint density at radius 3 is 2.18 bits per heavy atom. The molecule has 4 N–H and O–H groups in total. The first-order valence-corrected chi connectivity index (χ1v) is 17.6. The maximum Gasteiger partial charge on any atom is 0.421 e. The van der Waals surface area contributed by atoms with Crippen molar-refractivity contribution in [2.24, 2.45) is 4.99 Å². The Morgan fingerprint density at radius 2 is 1.56 bits per heavy atom. The fourth-order valence-corrected chi connectivity index (χ4v) is 5.11. The van der Waals surface area contributed by atoms with Gasteiger partial charge in [-0.15, -0.1) is 0 Å². The second-order valence-corrected chi connectivity index (χ2v) is 12.1. The highest BCUT2D eigenvalue weighted by Crippen LogP contribution is 2.16. The topological polar surface area (TPSA) is 136 Å². The minimum Gasteiger partial charge on any atom is -0.380 e. The molecule has 1 aliphatic heterocycles. The second kappa shape index (κ2) is 29.1. The van der Waals surface area contributed by atoms with E-state index < -0.39 is 6.09 Å². The van der Waals surface area contributed by atoms with Crippen molar-refractivity contribution in [2.75, 3.05) is 72.6 Å². The quantitative estimate of drug-likeness (QED) is 0.0295. The highest BCUT2D eigenvalue weighted by Gasteiger charge is 2.30. The average Bonchev–Trinajstić information content (AvgIpc) is 3.73. The van der Waals surface area contributed by atoms with Crippen LogP contribution in [0.4, 0.5) is 4.79 Å². The van der Waals surface area contributed by atoms with E-state index >= 15 is 0 Å². The van der Waals surface area contributed by atoms with Crippen LogP contribution in [0.3, 0.4) is 0 Å². The van der Waals surface area contributed by atoms with Crippen LogP contribution in [-0.2, 0) is 19.1 Å². The van der Waals surface area contributed by atoms with Gasteiger partial charge in [0.15, 0.2) is 0 Å². The first-order valence-electron chi connectivity index (χ1n) is 17.6. The Balaban J connectivity index is 2.58. The molecule has 1 aliphatic rings. The van der Waals surface area contributed by atoms with Crippen LogP contribution in [-0.4, -0.2) is 119 Å². The molecule has 12 heteroatoms. The number of nitrogens with zero attached hydrogens (tertiary/aromatic N) is 3. The van der Waals surface area contributed by atoms with Crippen molar-refractivity contribution in [3.63, 3.8) is 0 Å². The lowest BCUT2D eigenvalue weighted by molar-refractivity contribution is -0.110. The number of imide groups is 1. The zero-order valence-electron chi connectivity index (χ0n) is 28.7. The van der Waals surface area contributed by atoms with Gasteiger partial charge in [0, 0.05) is 58.0 Å². The molecule has 0 spiro atoms. The molecule has 0 bridgehead atoms. The van der Waals surface area contributed by atoms with Crippen molar-refractivity contribution in [3.8, 4) is 0 Å². The minimum absolute atomic E-state index is 0.295. The van der Waals surface area contributed by atoms with E-state index in [1.54, 1.807) is 0 Å². The van der Waals surface area contributed by atoms with Crippen molar-refractivity contribution >= 4 is 24.9 Å². The van der Waals surface area contributed by atoms with E-state index in [0.717, 1.165) is 142 Å². The van der Waals surface area contributed by atoms with Gasteiger partial charge in [-0.2, -0.15) is 0 Å². The molecule has 1 saturated heterocycles. The lowest BCUT2D eigenvalue weighted by atomic mass is 10.1. The standard InChI is InChI=1S/C33H65N7O5/c1-4-5-24-44-27-31(26-40-25-30(40)2)36-20-14-9-11-17-23-39(22-16-10-8-12-18-34-3)32(45-33(43)38-29-42)37-21-15-7-6-13-19-35-28-41/h28-31,34,36H,4-27H2,1-3H3,(H,35,41)(H,38,42,43)/b37-32-. The molecule has 3 unspecified atom stereocenters. The SMILES string of the molecule is CCCCOCC(CN1CC1C)NCCCCCCN(CCCCCCNC)/C(=N/CCCCCCNC=O)OC(=O)NC=O. The van der Waals surface area contributed by atoms with Crippen LogP contribution in [0.15, 0.2) is 4.99 Å². The summed E-state index contributed by atoms with van der Waals surface area (Å²) in [4.78, 5) is 42.7. The molecule has 0 aromatic heterocycles. The van der Waals surface area contributed by atoms with Gasteiger partial charge in [0.2, 0.25) is 12.8 Å². The van der Waals surface area contributed by atoms with Crippen LogP contribution >= 0.6 is 0 Å². The number of amidine groups is 1. The number of hydrogen-bond acceptors (Lipinski definition) is 9. The molecule has 1 heterocycles. The van der Waals surface area contributed by atoms with E-state index in [2.05, 4.69) is 49.9 Å². The van der Waals surface area contributed by atoms with Crippen molar-refractivity contribution in [3.05, 3.63) is 0 Å². The van der Waals surface area contributed by atoms with E-state index in [1.165, 1.54) is 6.54 Å². The Kier molecular flexibility index (Phi) is 26.4. The number of carbonyl (C=O) groups excluding carboxylic acids is 3. The number of amides is 3. The van der Waals surface area contributed by atoms with Crippen LogP contribution in [0, 0.1) is 0 Å². The zero-order chi connectivity index (χ0) is 32.8. The lowest BCUT2D eigenvalue weighted by Gasteiger charge is -2.25. The highest BCUT2D eigenvalue weighted by molar-refractivity contribution is 5.90. The third-order valence-electron chi connectivity index (χ3n) is 7.99. The molecule has 262 valence electrons. The van der Waals surface area contributed by atoms with Gasteiger partial charge in [-0.1, -0.05) is 51.9 Å². The van der Waals surface area contributed by atoms with E-state index in [9.17, 15) is 14.4 Å². The summed E-state index contributed by atoms with van der Waals surface area (Å²) in [5.41, 5.74) is 0. The summed E-state index contributed by atoms with van der Waals surface area (Å²) in [7, 11) is 1.97. The van der Waals surface area contributed by atoms with Gasteiger partial charge in [-0.25, -0.2) is 9.79 Å². The van der Waals surface area contributed by atoms with Gasteiger partial charge >= 0.3 is 6.09 Å². The minimum atomic E-state index is -0.807. The number of ether oxygens (including phenoxy) is 2. The maximum atomic E-state index is 12.2. The third kappa shape index (κ3) is 23.7. The van der Waals surface area contributed by atoms with Crippen LogP contribution in [0.1, 0.15) is 104 Å². The molecular weight excluding hydrogens is 574 g/mol. The van der Waals surface area contributed by atoms with E-state index in [0.29, 0.717) is 37.6 Å². The molecule has 0 aliphatic carbocycles. The summed E-state index contributed by atoms with van der Waals surface area (Å²) in [5.74, 6) is 0. The number of nitrogens with one attached hydrogen (secondary N) is 4. The Labute approximate surface area is 273 Å². The second-order valence-electron chi connectivity index (χ2n) is 12.1. The third-order valence-corrected chi connectivity index (χ3v) is 7.99. The smallest absolute Gasteiger partial charge is 0.380 e. The normalized spacial score (nSPS) is 16.6. The highest BCUT2D eigenvalue weighted by atomic mass is 16.6. The predicted molar refractivity (Wildman–Crippen MR) is 182 cm³/mol. The fraction of sp³-hybridized carbons (Fsp3) is 0.879. The van der Waals surface area contributed by atoms with E-state index in [1.807, 2.05) is 7.05 Å². The number of rotatable bonds is 31. The molecule has 1 rings (SSSR count). The van der Waals surface area contributed by atoms with Gasteiger partial charge in [0.05, 0.1) is 6.61 Å². The summed E-state index contributed by atoms with van der Waals surface area (Å²) in [6.07, 6.45) is 14.9. The van der Waals surface area contributed by atoms with Crippen LogP contribution in [0.5, 0.6) is 0 Å². The van der Waals surface area contributed by atoms with Crippen molar-refractivity contribution in [1.29, 1.82) is 0 Å². The van der Waals surface area contributed by atoms with Crippen LogP contribution in [0.25, 0.3) is 0 Å². The van der Waals surface area contributed by atoms with E-state index in [-0.39, 0.29) is 0 Å². The van der Waals surface area contributed by atoms with Crippen molar-refractivity contribution in [1.82, 2.24) is 31.1 Å². The summed E-state index contributed by atoms with van der Waals surface area (Å²) in [6.45, 7) is 13.0. The van der Waals surface area contributed by atoms with Crippen LogP contribution < -0.4 is 21.3 Å². The average molecular weight is 640 g/mol.